The lowest BCUT2D eigenvalue weighted by Gasteiger charge is -2.44. The molecule has 0 spiro atoms. The molecule has 260 valence electrons. The number of esters is 4. The van der Waals surface area contributed by atoms with Gasteiger partial charge in [0.25, 0.3) is 0 Å². The van der Waals surface area contributed by atoms with Crippen molar-refractivity contribution in [1.29, 1.82) is 0 Å². The third-order valence-electron chi connectivity index (χ3n) is 7.21. The topological polar surface area (TPSA) is 159 Å². The fraction of sp³-hybridized carbons (Fsp3) is 0.343. The number of rotatable bonds is 15. The van der Waals surface area contributed by atoms with Crippen LogP contribution in [-0.4, -0.2) is 112 Å². The van der Waals surface area contributed by atoms with E-state index in [1.165, 1.54) is 23.7 Å². The van der Waals surface area contributed by atoms with Crippen molar-refractivity contribution in [2.45, 2.75) is 34.7 Å². The Hall–Kier alpha value is -4.76. The number of carbonyl (C=O) groups excluding carboxylic acids is 5. The fourth-order valence-electron chi connectivity index (χ4n) is 4.80. The van der Waals surface area contributed by atoms with Crippen LogP contribution in [0.15, 0.2) is 95.9 Å². The minimum Gasteiger partial charge on any atom is -0.461 e. The lowest BCUT2D eigenvalue weighted by molar-refractivity contribution is -0.223. The van der Waals surface area contributed by atoms with Gasteiger partial charge in [0.05, 0.1) is 24.2 Å². The summed E-state index contributed by atoms with van der Waals surface area (Å²) in [5.41, 5.74) is -0.603. The first-order chi connectivity index (χ1) is 23.7. The summed E-state index contributed by atoms with van der Waals surface area (Å²) < 4.78 is 29.8. The van der Waals surface area contributed by atoms with E-state index >= 15 is 0 Å². The van der Waals surface area contributed by atoms with Crippen LogP contribution in [0.1, 0.15) is 20.7 Å². The number of ether oxygens (including phenoxy) is 5. The number of thioether (sulfide) groups is 1. The average molecular weight is 694 g/mol. The van der Waals surface area contributed by atoms with E-state index in [0.29, 0.717) is 0 Å². The molecule has 0 aromatic heterocycles. The SMILES string of the molecule is CNCC(=O)O[C@H]1C(COC(=O)CN(C)C(=O)CNC)O[C@@H](Sc2ccccc2)C(OC(=O)c2ccccc2)C1OC(=O)c1ccccc1. The third kappa shape index (κ3) is 10.9. The van der Waals surface area contributed by atoms with Gasteiger partial charge >= 0.3 is 23.9 Å². The summed E-state index contributed by atoms with van der Waals surface area (Å²) in [6, 6.07) is 25.5. The number of nitrogens with zero attached hydrogens (tertiary/aromatic N) is 1. The standard InChI is InChI=1S/C35H39N3O10S/c1-36-19-27(39)38(3)21-29(41)44-22-26-30(46-28(40)20-37-2)31(47-33(42)23-13-7-4-8-14-23)32(48-34(43)24-15-9-5-10-16-24)35(45-26)49-25-17-11-6-12-18-25/h4-18,26,30-32,35-37H,19-22H2,1-3H3/t26?,30-,31?,32?,35-/m0/s1. The molecule has 3 unspecified atom stereocenters. The molecular weight excluding hydrogens is 654 g/mol. The van der Waals surface area contributed by atoms with E-state index < -0.39 is 60.3 Å². The zero-order chi connectivity index (χ0) is 35.2. The van der Waals surface area contributed by atoms with Crippen LogP contribution in [0, 0.1) is 0 Å². The van der Waals surface area contributed by atoms with Gasteiger partial charge in [-0.2, -0.15) is 0 Å². The number of hydrogen-bond acceptors (Lipinski definition) is 13. The molecule has 1 heterocycles. The second kappa shape index (κ2) is 18.7. The summed E-state index contributed by atoms with van der Waals surface area (Å²) in [5.74, 6) is -3.31. The largest absolute Gasteiger partial charge is 0.461 e. The molecule has 0 bridgehead atoms. The number of likely N-dealkylation sites (N-methyl/N-ethyl adjacent to an activating group) is 3. The molecule has 1 fully saturated rings. The summed E-state index contributed by atoms with van der Waals surface area (Å²) in [7, 11) is 4.61. The molecule has 3 aromatic rings. The second-order valence-electron chi connectivity index (χ2n) is 10.9. The maximum absolute atomic E-state index is 13.6. The van der Waals surface area contributed by atoms with Crippen molar-refractivity contribution in [3.8, 4) is 0 Å². The molecule has 4 rings (SSSR count). The van der Waals surface area contributed by atoms with Crippen molar-refractivity contribution < 1.29 is 47.7 Å². The Morgan fingerprint density at radius 3 is 1.78 bits per heavy atom. The normalized spacial score (nSPS) is 20.0. The van der Waals surface area contributed by atoms with Crippen LogP contribution in [0.5, 0.6) is 0 Å². The Bertz CT molecular complexity index is 1550. The third-order valence-corrected chi connectivity index (χ3v) is 8.37. The summed E-state index contributed by atoms with van der Waals surface area (Å²) >= 11 is 1.18. The van der Waals surface area contributed by atoms with Gasteiger partial charge in [0.2, 0.25) is 5.91 Å². The number of hydrogen-bond donors (Lipinski definition) is 2. The average Bonchev–Trinajstić information content (AvgIpc) is 3.11. The first kappa shape index (κ1) is 37.1. The monoisotopic (exact) mass is 693 g/mol. The zero-order valence-electron chi connectivity index (χ0n) is 27.3. The van der Waals surface area contributed by atoms with E-state index in [2.05, 4.69) is 10.6 Å². The molecule has 0 aliphatic carbocycles. The molecule has 0 radical (unpaired) electrons. The molecule has 14 heteroatoms. The highest BCUT2D eigenvalue weighted by Gasteiger charge is 2.53. The van der Waals surface area contributed by atoms with Gasteiger partial charge in [-0.15, -0.1) is 0 Å². The van der Waals surface area contributed by atoms with Crippen LogP contribution in [0.4, 0.5) is 0 Å². The Kier molecular flexibility index (Phi) is 14.1. The molecular formula is C35H39N3O10S. The Morgan fingerprint density at radius 2 is 1.22 bits per heavy atom. The number of nitrogens with one attached hydrogen (secondary N) is 2. The smallest absolute Gasteiger partial charge is 0.338 e. The quantitative estimate of drug-likeness (QED) is 0.177. The van der Waals surface area contributed by atoms with Crippen LogP contribution >= 0.6 is 11.8 Å². The number of amides is 1. The molecule has 1 amide bonds. The van der Waals surface area contributed by atoms with Gasteiger partial charge in [0.1, 0.15) is 24.7 Å². The summed E-state index contributed by atoms with van der Waals surface area (Å²) in [5, 5.41) is 5.44. The molecule has 1 aliphatic rings. The number of carbonyl (C=O) groups is 5. The summed E-state index contributed by atoms with van der Waals surface area (Å²) in [6.07, 6.45) is -5.31. The van der Waals surface area contributed by atoms with Gasteiger partial charge < -0.3 is 39.2 Å². The van der Waals surface area contributed by atoms with Crippen LogP contribution < -0.4 is 10.6 Å². The number of benzene rings is 3. The van der Waals surface area contributed by atoms with Crippen molar-refractivity contribution in [2.24, 2.45) is 0 Å². The zero-order valence-corrected chi connectivity index (χ0v) is 28.1. The molecule has 0 saturated carbocycles. The highest BCUT2D eigenvalue weighted by molar-refractivity contribution is 7.99. The first-order valence-electron chi connectivity index (χ1n) is 15.5. The van der Waals surface area contributed by atoms with Crippen LogP contribution in [0.3, 0.4) is 0 Å². The summed E-state index contributed by atoms with van der Waals surface area (Å²) in [6.45, 7) is -0.995. The van der Waals surface area contributed by atoms with E-state index in [0.717, 1.165) is 4.90 Å². The molecule has 2 N–H and O–H groups in total. The van der Waals surface area contributed by atoms with Crippen molar-refractivity contribution in [3.63, 3.8) is 0 Å². The highest BCUT2D eigenvalue weighted by atomic mass is 32.2. The van der Waals surface area contributed by atoms with Gasteiger partial charge in [-0.25, -0.2) is 9.59 Å². The van der Waals surface area contributed by atoms with E-state index in [9.17, 15) is 24.0 Å². The Morgan fingerprint density at radius 1 is 0.694 bits per heavy atom. The molecule has 3 aromatic carbocycles. The summed E-state index contributed by atoms with van der Waals surface area (Å²) in [4.78, 5) is 67.0. The molecule has 1 saturated heterocycles. The lowest BCUT2D eigenvalue weighted by Crippen LogP contribution is -2.62. The maximum atomic E-state index is 13.6. The van der Waals surface area contributed by atoms with E-state index in [4.69, 9.17) is 23.7 Å². The van der Waals surface area contributed by atoms with E-state index in [-0.39, 0.29) is 36.7 Å². The first-order valence-corrected chi connectivity index (χ1v) is 16.4. The highest BCUT2D eigenvalue weighted by Crippen LogP contribution is 2.38. The fourth-order valence-corrected chi connectivity index (χ4v) is 5.93. The van der Waals surface area contributed by atoms with Gasteiger partial charge in [-0.05, 0) is 50.5 Å². The van der Waals surface area contributed by atoms with Crippen molar-refractivity contribution >= 4 is 41.5 Å². The second-order valence-corrected chi connectivity index (χ2v) is 12.1. The minimum absolute atomic E-state index is 0.0228. The van der Waals surface area contributed by atoms with Gasteiger partial charge in [0.15, 0.2) is 18.3 Å². The Balaban J connectivity index is 1.72. The van der Waals surface area contributed by atoms with Gasteiger partial charge in [0, 0.05) is 11.9 Å². The predicted molar refractivity (Wildman–Crippen MR) is 179 cm³/mol. The molecule has 5 atom stereocenters. The van der Waals surface area contributed by atoms with Gasteiger partial charge in [-0.3, -0.25) is 14.4 Å². The van der Waals surface area contributed by atoms with Crippen LogP contribution in [0.2, 0.25) is 0 Å². The van der Waals surface area contributed by atoms with E-state index in [1.54, 1.807) is 74.8 Å². The van der Waals surface area contributed by atoms with Crippen LogP contribution in [0.25, 0.3) is 0 Å². The predicted octanol–water partition coefficient (Wildman–Crippen LogP) is 2.31. The molecule has 1 aliphatic heterocycles. The van der Waals surface area contributed by atoms with Crippen molar-refractivity contribution in [1.82, 2.24) is 15.5 Å². The lowest BCUT2D eigenvalue weighted by atomic mass is 9.99. The molecule has 13 nitrogen and oxygen atoms in total. The maximum Gasteiger partial charge on any atom is 0.338 e. The molecule has 49 heavy (non-hydrogen) atoms. The van der Waals surface area contributed by atoms with Gasteiger partial charge in [-0.1, -0.05) is 66.4 Å². The minimum atomic E-state index is -1.42. The van der Waals surface area contributed by atoms with Crippen molar-refractivity contribution in [3.05, 3.63) is 102 Å². The van der Waals surface area contributed by atoms with Crippen molar-refractivity contribution in [2.75, 3.05) is 47.4 Å². The van der Waals surface area contributed by atoms with E-state index in [1.807, 2.05) is 30.3 Å². The van der Waals surface area contributed by atoms with Crippen LogP contribution in [-0.2, 0) is 38.1 Å². The Labute approximate surface area is 288 Å².